The highest BCUT2D eigenvalue weighted by Gasteiger charge is 2.07. The number of nitrogens with one attached hydrogen (secondary N) is 1. The smallest absolute Gasteiger partial charge is 0.0468 e. The highest BCUT2D eigenvalue weighted by Crippen LogP contribution is 2.25. The topological polar surface area (TPSA) is 12.0 Å². The third-order valence-electron chi connectivity index (χ3n) is 1.94. The van der Waals surface area contributed by atoms with Crippen molar-refractivity contribution in [3.05, 3.63) is 33.8 Å². The lowest BCUT2D eigenvalue weighted by Gasteiger charge is -2.14. The van der Waals surface area contributed by atoms with Crippen molar-refractivity contribution in [1.29, 1.82) is 0 Å². The summed E-state index contributed by atoms with van der Waals surface area (Å²) in [5.74, 6) is 0. The fourth-order valence-electron chi connectivity index (χ4n) is 1.27. The van der Waals surface area contributed by atoms with Gasteiger partial charge in [0.05, 0.1) is 0 Å². The molecule has 13 heavy (non-hydrogen) atoms. The van der Waals surface area contributed by atoms with Gasteiger partial charge in [0.25, 0.3) is 0 Å². The minimum absolute atomic E-state index is 0.273. The molecule has 1 rings (SSSR count). The number of halogens is 2. The van der Waals surface area contributed by atoms with Gasteiger partial charge >= 0.3 is 0 Å². The van der Waals surface area contributed by atoms with Crippen molar-refractivity contribution in [2.24, 2.45) is 0 Å². The Morgan fingerprint density at radius 3 is 2.62 bits per heavy atom. The van der Waals surface area contributed by atoms with Gasteiger partial charge in [0.2, 0.25) is 0 Å². The van der Waals surface area contributed by atoms with E-state index in [1.54, 1.807) is 6.07 Å². The lowest BCUT2D eigenvalue weighted by Crippen LogP contribution is -2.17. The van der Waals surface area contributed by atoms with Crippen LogP contribution in [0.2, 0.25) is 10.0 Å². The fraction of sp³-hybridized carbons (Fsp3) is 0.400. The van der Waals surface area contributed by atoms with Crippen LogP contribution in [0, 0.1) is 0 Å². The van der Waals surface area contributed by atoms with E-state index >= 15 is 0 Å². The SMILES string of the molecule is CCNC(C)c1ccc(Cl)cc1Cl. The average molecular weight is 218 g/mol. The normalized spacial score (nSPS) is 12.9. The molecule has 0 bridgehead atoms. The number of benzene rings is 1. The van der Waals surface area contributed by atoms with E-state index in [2.05, 4.69) is 19.2 Å². The van der Waals surface area contributed by atoms with Gasteiger partial charge in [0, 0.05) is 16.1 Å². The Kier molecular flexibility index (Phi) is 4.04. The molecule has 72 valence electrons. The number of hydrogen-bond donors (Lipinski definition) is 1. The largest absolute Gasteiger partial charge is 0.310 e. The maximum atomic E-state index is 6.04. The molecule has 0 aliphatic rings. The standard InChI is InChI=1S/C10H13Cl2N/c1-3-13-7(2)9-5-4-8(11)6-10(9)12/h4-7,13H,3H2,1-2H3. The Bertz CT molecular complexity index is 286. The summed E-state index contributed by atoms with van der Waals surface area (Å²) in [6, 6.07) is 5.86. The van der Waals surface area contributed by atoms with Crippen LogP contribution in [0.4, 0.5) is 0 Å². The molecule has 0 saturated carbocycles. The van der Waals surface area contributed by atoms with Crippen molar-refractivity contribution in [3.8, 4) is 0 Å². The Balaban J connectivity index is 2.88. The lowest BCUT2D eigenvalue weighted by molar-refractivity contribution is 0.598. The van der Waals surface area contributed by atoms with Gasteiger partial charge in [0.15, 0.2) is 0 Å². The summed E-state index contributed by atoms with van der Waals surface area (Å²) in [6.45, 7) is 5.08. The van der Waals surface area contributed by atoms with Gasteiger partial charge < -0.3 is 5.32 Å². The Labute approximate surface area is 89.0 Å². The van der Waals surface area contributed by atoms with Crippen LogP contribution in [0.25, 0.3) is 0 Å². The molecule has 1 aromatic rings. The van der Waals surface area contributed by atoms with Crippen molar-refractivity contribution in [1.82, 2.24) is 5.32 Å². The van der Waals surface area contributed by atoms with Crippen LogP contribution in [0.3, 0.4) is 0 Å². The third-order valence-corrected chi connectivity index (χ3v) is 2.50. The molecule has 0 heterocycles. The summed E-state index contributed by atoms with van der Waals surface area (Å²) in [7, 11) is 0. The van der Waals surface area contributed by atoms with E-state index in [0.29, 0.717) is 5.02 Å². The van der Waals surface area contributed by atoms with E-state index in [9.17, 15) is 0 Å². The van der Waals surface area contributed by atoms with Gasteiger partial charge in [-0.2, -0.15) is 0 Å². The van der Waals surface area contributed by atoms with Crippen LogP contribution < -0.4 is 5.32 Å². The van der Waals surface area contributed by atoms with Crippen LogP contribution in [-0.4, -0.2) is 6.54 Å². The summed E-state index contributed by atoms with van der Waals surface area (Å²) in [6.07, 6.45) is 0. The Morgan fingerprint density at radius 2 is 2.08 bits per heavy atom. The minimum atomic E-state index is 0.273. The first-order valence-electron chi connectivity index (χ1n) is 4.33. The van der Waals surface area contributed by atoms with E-state index in [4.69, 9.17) is 23.2 Å². The molecule has 1 N–H and O–H groups in total. The predicted octanol–water partition coefficient (Wildman–Crippen LogP) is 3.66. The predicted molar refractivity (Wildman–Crippen MR) is 58.6 cm³/mol. The number of hydrogen-bond acceptors (Lipinski definition) is 1. The second-order valence-corrected chi connectivity index (χ2v) is 3.79. The van der Waals surface area contributed by atoms with Crippen molar-refractivity contribution in [3.63, 3.8) is 0 Å². The first-order chi connectivity index (χ1) is 6.15. The van der Waals surface area contributed by atoms with E-state index in [-0.39, 0.29) is 6.04 Å². The van der Waals surface area contributed by atoms with Gasteiger partial charge in [-0.3, -0.25) is 0 Å². The fourth-order valence-corrected chi connectivity index (χ4v) is 1.84. The van der Waals surface area contributed by atoms with Crippen molar-refractivity contribution in [2.75, 3.05) is 6.54 Å². The summed E-state index contributed by atoms with van der Waals surface area (Å²) in [5.41, 5.74) is 1.09. The quantitative estimate of drug-likeness (QED) is 0.816. The average Bonchev–Trinajstić information content (AvgIpc) is 2.04. The molecule has 0 aliphatic carbocycles. The van der Waals surface area contributed by atoms with E-state index in [1.165, 1.54) is 0 Å². The summed E-state index contributed by atoms with van der Waals surface area (Å²) >= 11 is 11.8. The molecule has 1 aromatic carbocycles. The third kappa shape index (κ3) is 2.87. The lowest BCUT2D eigenvalue weighted by atomic mass is 10.1. The molecule has 0 aromatic heterocycles. The molecule has 1 unspecified atom stereocenters. The van der Waals surface area contributed by atoms with Crippen LogP contribution in [0.5, 0.6) is 0 Å². The molecule has 0 aliphatic heterocycles. The molecule has 0 saturated heterocycles. The van der Waals surface area contributed by atoms with Crippen molar-refractivity contribution >= 4 is 23.2 Å². The molecule has 1 atom stereocenters. The second-order valence-electron chi connectivity index (χ2n) is 2.95. The summed E-state index contributed by atoms with van der Waals surface area (Å²) < 4.78 is 0. The Hall–Kier alpha value is -0.240. The zero-order chi connectivity index (χ0) is 9.84. The zero-order valence-electron chi connectivity index (χ0n) is 7.77. The van der Waals surface area contributed by atoms with Crippen LogP contribution in [0.1, 0.15) is 25.5 Å². The second kappa shape index (κ2) is 4.85. The molecule has 0 fully saturated rings. The highest BCUT2D eigenvalue weighted by atomic mass is 35.5. The maximum absolute atomic E-state index is 6.04. The van der Waals surface area contributed by atoms with E-state index in [1.807, 2.05) is 12.1 Å². The molecule has 0 spiro atoms. The van der Waals surface area contributed by atoms with Crippen LogP contribution in [-0.2, 0) is 0 Å². The van der Waals surface area contributed by atoms with Gasteiger partial charge in [-0.25, -0.2) is 0 Å². The van der Waals surface area contributed by atoms with Gasteiger partial charge in [-0.05, 0) is 31.2 Å². The molecular weight excluding hydrogens is 205 g/mol. The molecule has 0 radical (unpaired) electrons. The molecule has 1 nitrogen and oxygen atoms in total. The van der Waals surface area contributed by atoms with Crippen molar-refractivity contribution in [2.45, 2.75) is 19.9 Å². The van der Waals surface area contributed by atoms with Crippen LogP contribution >= 0.6 is 23.2 Å². The van der Waals surface area contributed by atoms with Gasteiger partial charge in [0.1, 0.15) is 0 Å². The molecule has 0 amide bonds. The maximum Gasteiger partial charge on any atom is 0.0468 e. The number of rotatable bonds is 3. The monoisotopic (exact) mass is 217 g/mol. The van der Waals surface area contributed by atoms with Gasteiger partial charge in [-0.1, -0.05) is 36.2 Å². The first-order valence-corrected chi connectivity index (χ1v) is 5.09. The first kappa shape index (κ1) is 10.8. The molecule has 3 heteroatoms. The van der Waals surface area contributed by atoms with Gasteiger partial charge in [-0.15, -0.1) is 0 Å². The van der Waals surface area contributed by atoms with Crippen LogP contribution in [0.15, 0.2) is 18.2 Å². The minimum Gasteiger partial charge on any atom is -0.310 e. The summed E-state index contributed by atoms with van der Waals surface area (Å²) in [5, 5.41) is 4.70. The highest BCUT2D eigenvalue weighted by molar-refractivity contribution is 6.35. The zero-order valence-corrected chi connectivity index (χ0v) is 9.28. The van der Waals surface area contributed by atoms with E-state index in [0.717, 1.165) is 17.1 Å². The van der Waals surface area contributed by atoms with Crippen molar-refractivity contribution < 1.29 is 0 Å². The molecular formula is C10H13Cl2N. The van der Waals surface area contributed by atoms with E-state index < -0.39 is 0 Å². The summed E-state index contributed by atoms with van der Waals surface area (Å²) in [4.78, 5) is 0. The Morgan fingerprint density at radius 1 is 1.38 bits per heavy atom.